The number of nitrogens with one attached hydrogen (secondary N) is 1. The molecule has 3 heteroatoms. The Hall–Kier alpha value is -1.79. The normalized spacial score (nSPS) is 19.7. The first-order chi connectivity index (χ1) is 9.92. The van der Waals surface area contributed by atoms with E-state index >= 15 is 0 Å². The number of amides is 1. The third-order valence-electron chi connectivity index (χ3n) is 4.23. The Labute approximate surface area is 126 Å². The van der Waals surface area contributed by atoms with Crippen LogP contribution in [0.1, 0.15) is 44.2 Å². The zero-order valence-corrected chi connectivity index (χ0v) is 13.0. The predicted molar refractivity (Wildman–Crippen MR) is 84.9 cm³/mol. The van der Waals surface area contributed by atoms with Gasteiger partial charge in [-0.1, -0.05) is 32.1 Å². The molecule has 112 valence electrons. The summed E-state index contributed by atoms with van der Waals surface area (Å²) in [6.45, 7) is 6.14. The highest BCUT2D eigenvalue weighted by atomic mass is 16.2. The van der Waals surface area contributed by atoms with Crippen molar-refractivity contribution in [2.75, 3.05) is 11.9 Å². The van der Waals surface area contributed by atoms with Gasteiger partial charge in [0, 0.05) is 17.2 Å². The zero-order chi connectivity index (χ0) is 15.5. The van der Waals surface area contributed by atoms with Crippen molar-refractivity contribution in [2.45, 2.75) is 40.0 Å². The molecule has 2 rings (SSSR count). The van der Waals surface area contributed by atoms with E-state index in [9.17, 15) is 4.79 Å². The molecule has 21 heavy (non-hydrogen) atoms. The molecular weight excluding hydrogens is 262 g/mol. The highest BCUT2D eigenvalue weighted by Gasteiger charge is 2.39. The molecule has 0 spiro atoms. The van der Waals surface area contributed by atoms with Gasteiger partial charge < -0.3 is 10.4 Å². The Morgan fingerprint density at radius 1 is 1.43 bits per heavy atom. The first-order valence-electron chi connectivity index (χ1n) is 7.45. The third kappa shape index (κ3) is 3.86. The van der Waals surface area contributed by atoms with Gasteiger partial charge in [-0.2, -0.15) is 0 Å². The summed E-state index contributed by atoms with van der Waals surface area (Å²) < 4.78 is 0. The molecule has 0 bridgehead atoms. The molecule has 0 aliphatic heterocycles. The van der Waals surface area contributed by atoms with E-state index in [1.54, 1.807) is 0 Å². The lowest BCUT2D eigenvalue weighted by atomic mass is 9.81. The average molecular weight is 285 g/mol. The van der Waals surface area contributed by atoms with E-state index in [1.807, 2.05) is 25.1 Å². The zero-order valence-electron chi connectivity index (χ0n) is 13.0. The molecular formula is C18H23NO2. The summed E-state index contributed by atoms with van der Waals surface area (Å²) in [4.78, 5) is 12.5. The van der Waals surface area contributed by atoms with Gasteiger partial charge in [0.15, 0.2) is 0 Å². The third-order valence-corrected chi connectivity index (χ3v) is 4.23. The predicted octanol–water partition coefficient (Wildman–Crippen LogP) is 3.10. The van der Waals surface area contributed by atoms with Crippen molar-refractivity contribution >= 4 is 11.6 Å². The minimum Gasteiger partial charge on any atom is -0.384 e. The number of carbonyl (C=O) groups is 1. The number of aryl methyl sites for hydroxylation is 1. The van der Waals surface area contributed by atoms with Crippen LogP contribution >= 0.6 is 0 Å². The standard InChI is InChI=1S/C18H23NO2/c1-13-10-14(6-5-9-20)12-15(11-13)19-17(21)16-7-4-8-18(16,2)3/h10-12,16,20H,4,7-9H2,1-3H3,(H,19,21). The maximum absolute atomic E-state index is 12.5. The van der Waals surface area contributed by atoms with Gasteiger partial charge in [-0.05, 0) is 48.9 Å². The SMILES string of the molecule is Cc1cc(C#CCO)cc(NC(=O)C2CCCC2(C)C)c1. The van der Waals surface area contributed by atoms with Crippen molar-refractivity contribution in [3.05, 3.63) is 29.3 Å². The number of hydrogen-bond donors (Lipinski definition) is 2. The van der Waals surface area contributed by atoms with E-state index in [4.69, 9.17) is 5.11 Å². The van der Waals surface area contributed by atoms with Gasteiger partial charge in [-0.15, -0.1) is 0 Å². The molecule has 2 N–H and O–H groups in total. The number of benzene rings is 1. The van der Waals surface area contributed by atoms with Crippen LogP contribution in [-0.4, -0.2) is 17.6 Å². The van der Waals surface area contributed by atoms with Crippen LogP contribution in [0.15, 0.2) is 18.2 Å². The number of carbonyl (C=O) groups excluding carboxylic acids is 1. The minimum atomic E-state index is -0.161. The second kappa shape index (κ2) is 6.32. The largest absolute Gasteiger partial charge is 0.384 e. The molecule has 0 radical (unpaired) electrons. The Morgan fingerprint density at radius 3 is 2.81 bits per heavy atom. The first kappa shape index (κ1) is 15.6. The highest BCUT2D eigenvalue weighted by molar-refractivity contribution is 5.93. The maximum Gasteiger partial charge on any atom is 0.228 e. The fourth-order valence-electron chi connectivity index (χ4n) is 3.11. The summed E-state index contributed by atoms with van der Waals surface area (Å²) in [5.74, 6) is 5.69. The molecule has 1 aliphatic rings. The topological polar surface area (TPSA) is 49.3 Å². The van der Waals surface area contributed by atoms with Gasteiger partial charge in [0.2, 0.25) is 5.91 Å². The van der Waals surface area contributed by atoms with E-state index in [1.165, 1.54) is 0 Å². The lowest BCUT2D eigenvalue weighted by Crippen LogP contribution is -2.30. The Balaban J connectivity index is 2.16. The molecule has 1 unspecified atom stereocenters. The van der Waals surface area contributed by atoms with Crippen molar-refractivity contribution in [3.8, 4) is 11.8 Å². The van der Waals surface area contributed by atoms with E-state index in [2.05, 4.69) is 31.0 Å². The molecule has 1 aromatic carbocycles. The van der Waals surface area contributed by atoms with Gasteiger partial charge in [0.05, 0.1) is 0 Å². The quantitative estimate of drug-likeness (QED) is 0.820. The Morgan fingerprint density at radius 2 is 2.19 bits per heavy atom. The Kier molecular flexibility index (Phi) is 4.69. The van der Waals surface area contributed by atoms with E-state index in [0.29, 0.717) is 0 Å². The van der Waals surface area contributed by atoms with Crippen LogP contribution in [0.2, 0.25) is 0 Å². The van der Waals surface area contributed by atoms with E-state index < -0.39 is 0 Å². The fourth-order valence-corrected chi connectivity index (χ4v) is 3.11. The van der Waals surface area contributed by atoms with Gasteiger partial charge in [-0.25, -0.2) is 0 Å². The van der Waals surface area contributed by atoms with Gasteiger partial charge in [0.25, 0.3) is 0 Å². The van der Waals surface area contributed by atoms with Crippen molar-refractivity contribution < 1.29 is 9.90 Å². The van der Waals surface area contributed by atoms with Crippen molar-refractivity contribution in [2.24, 2.45) is 11.3 Å². The molecule has 1 atom stereocenters. The number of hydrogen-bond acceptors (Lipinski definition) is 2. The highest BCUT2D eigenvalue weighted by Crippen LogP contribution is 2.43. The summed E-state index contributed by atoms with van der Waals surface area (Å²) in [5, 5.41) is 11.8. The van der Waals surface area contributed by atoms with Crippen molar-refractivity contribution in [1.29, 1.82) is 0 Å². The summed E-state index contributed by atoms with van der Waals surface area (Å²) in [7, 11) is 0. The molecule has 3 nitrogen and oxygen atoms in total. The van der Waals surface area contributed by atoms with Crippen molar-refractivity contribution in [1.82, 2.24) is 0 Å². The molecule has 1 amide bonds. The monoisotopic (exact) mass is 285 g/mol. The summed E-state index contributed by atoms with van der Waals surface area (Å²) in [6, 6.07) is 5.75. The first-order valence-corrected chi connectivity index (χ1v) is 7.45. The molecule has 1 saturated carbocycles. The molecule has 1 aromatic rings. The number of aliphatic hydroxyl groups excluding tert-OH is 1. The van der Waals surface area contributed by atoms with Gasteiger partial charge in [-0.3, -0.25) is 4.79 Å². The van der Waals surface area contributed by atoms with Crippen LogP contribution in [0.5, 0.6) is 0 Å². The van der Waals surface area contributed by atoms with Gasteiger partial charge >= 0.3 is 0 Å². The van der Waals surface area contributed by atoms with Crippen LogP contribution in [0.4, 0.5) is 5.69 Å². The van der Waals surface area contributed by atoms with E-state index in [0.717, 1.165) is 36.1 Å². The fraction of sp³-hybridized carbons (Fsp3) is 0.500. The molecule has 0 heterocycles. The molecule has 1 aliphatic carbocycles. The lowest BCUT2D eigenvalue weighted by molar-refractivity contribution is -0.122. The smallest absolute Gasteiger partial charge is 0.228 e. The van der Waals surface area contributed by atoms with Crippen LogP contribution < -0.4 is 5.32 Å². The average Bonchev–Trinajstić information content (AvgIpc) is 2.75. The summed E-state index contributed by atoms with van der Waals surface area (Å²) >= 11 is 0. The van der Waals surface area contributed by atoms with Crippen molar-refractivity contribution in [3.63, 3.8) is 0 Å². The molecule has 0 saturated heterocycles. The lowest BCUT2D eigenvalue weighted by Gasteiger charge is -2.26. The summed E-state index contributed by atoms with van der Waals surface area (Å²) in [5.41, 5.74) is 2.71. The van der Waals surface area contributed by atoms with Crippen LogP contribution in [0.3, 0.4) is 0 Å². The summed E-state index contributed by atoms with van der Waals surface area (Å²) in [6.07, 6.45) is 3.18. The number of aliphatic hydroxyl groups is 1. The van der Waals surface area contributed by atoms with E-state index in [-0.39, 0.29) is 23.8 Å². The van der Waals surface area contributed by atoms with Crippen LogP contribution in [0, 0.1) is 30.1 Å². The number of anilines is 1. The molecule has 0 aromatic heterocycles. The molecule has 1 fully saturated rings. The minimum absolute atomic E-state index is 0.0741. The maximum atomic E-state index is 12.5. The van der Waals surface area contributed by atoms with Gasteiger partial charge in [0.1, 0.15) is 6.61 Å². The number of rotatable bonds is 2. The second-order valence-electron chi connectivity index (χ2n) is 6.47. The van der Waals surface area contributed by atoms with Crippen LogP contribution in [0.25, 0.3) is 0 Å². The second-order valence-corrected chi connectivity index (χ2v) is 6.47. The van der Waals surface area contributed by atoms with Crippen LogP contribution in [-0.2, 0) is 4.79 Å². The Bertz CT molecular complexity index is 593.